The van der Waals surface area contributed by atoms with Crippen molar-refractivity contribution in [2.45, 2.75) is 24.9 Å². The Kier molecular flexibility index (Phi) is 8.42. The molecule has 0 saturated carbocycles. The summed E-state index contributed by atoms with van der Waals surface area (Å²) >= 11 is 1.29. The van der Waals surface area contributed by atoms with Gasteiger partial charge in [-0.2, -0.15) is 8.78 Å². The summed E-state index contributed by atoms with van der Waals surface area (Å²) in [6.07, 6.45) is 1.75. The fourth-order valence-corrected chi connectivity index (χ4v) is 3.91. The number of benzene rings is 2. The highest BCUT2D eigenvalue weighted by Gasteiger charge is 2.17. The van der Waals surface area contributed by atoms with Crippen LogP contribution in [-0.2, 0) is 17.9 Å². The van der Waals surface area contributed by atoms with Gasteiger partial charge in [0.1, 0.15) is 11.5 Å². The first-order valence-corrected chi connectivity index (χ1v) is 11.0. The molecule has 0 atom stereocenters. The molecule has 0 bridgehead atoms. The van der Waals surface area contributed by atoms with E-state index in [2.05, 4.69) is 21.5 Å². The molecule has 2 aromatic carbocycles. The van der Waals surface area contributed by atoms with Gasteiger partial charge in [0.2, 0.25) is 5.91 Å². The largest absolute Gasteiger partial charge is 0.497 e. The molecule has 174 valence electrons. The van der Waals surface area contributed by atoms with E-state index < -0.39 is 6.61 Å². The van der Waals surface area contributed by atoms with Crippen LogP contribution in [0.25, 0.3) is 11.4 Å². The van der Waals surface area contributed by atoms with Crippen molar-refractivity contribution in [2.75, 3.05) is 19.9 Å². The van der Waals surface area contributed by atoms with Crippen molar-refractivity contribution in [3.8, 4) is 22.9 Å². The molecule has 0 aliphatic carbocycles. The van der Waals surface area contributed by atoms with Gasteiger partial charge < -0.3 is 14.4 Å². The second kappa shape index (κ2) is 11.5. The third-order valence-corrected chi connectivity index (χ3v) is 5.65. The van der Waals surface area contributed by atoms with Gasteiger partial charge in [-0.1, -0.05) is 30.0 Å². The van der Waals surface area contributed by atoms with E-state index in [-0.39, 0.29) is 17.4 Å². The fourth-order valence-electron chi connectivity index (χ4n) is 3.02. The zero-order valence-electron chi connectivity index (χ0n) is 18.3. The van der Waals surface area contributed by atoms with Crippen LogP contribution in [0.2, 0.25) is 0 Å². The van der Waals surface area contributed by atoms with E-state index in [1.54, 1.807) is 37.3 Å². The first-order chi connectivity index (χ1) is 15.9. The molecule has 0 saturated heterocycles. The molecule has 1 heterocycles. The van der Waals surface area contributed by atoms with Gasteiger partial charge in [0.25, 0.3) is 0 Å². The van der Waals surface area contributed by atoms with E-state index >= 15 is 0 Å². The van der Waals surface area contributed by atoms with Crippen LogP contribution in [0.1, 0.15) is 5.56 Å². The Morgan fingerprint density at radius 3 is 2.42 bits per heavy atom. The van der Waals surface area contributed by atoms with Crippen molar-refractivity contribution < 1.29 is 23.0 Å². The Morgan fingerprint density at radius 2 is 1.82 bits per heavy atom. The number of methoxy groups -OCH3 is 1. The third kappa shape index (κ3) is 6.55. The maximum Gasteiger partial charge on any atom is 0.387 e. The molecule has 3 aromatic rings. The standard InChI is InChI=1S/C23H24F2N4O3S/c1-4-13-29-21(17-7-11-18(31-3)12-8-17)26-27-23(29)33-15-20(30)28(2)14-16-5-9-19(10-6-16)32-22(24)25/h4-12,22H,1,13-15H2,2-3H3. The molecule has 3 rings (SSSR count). The number of hydrogen-bond acceptors (Lipinski definition) is 6. The van der Waals surface area contributed by atoms with Crippen molar-refractivity contribution in [3.05, 3.63) is 66.7 Å². The normalized spacial score (nSPS) is 10.8. The highest BCUT2D eigenvalue weighted by atomic mass is 32.2. The lowest BCUT2D eigenvalue weighted by Gasteiger charge is -2.17. The smallest absolute Gasteiger partial charge is 0.387 e. The van der Waals surface area contributed by atoms with Crippen LogP contribution < -0.4 is 9.47 Å². The molecule has 0 radical (unpaired) electrons. The van der Waals surface area contributed by atoms with Crippen LogP contribution >= 0.6 is 11.8 Å². The van der Waals surface area contributed by atoms with Crippen molar-refractivity contribution in [1.29, 1.82) is 0 Å². The van der Waals surface area contributed by atoms with Crippen LogP contribution in [0.4, 0.5) is 8.78 Å². The molecule has 0 fully saturated rings. The van der Waals surface area contributed by atoms with Gasteiger partial charge in [-0.25, -0.2) is 0 Å². The minimum Gasteiger partial charge on any atom is -0.497 e. The molecule has 0 aliphatic rings. The molecular weight excluding hydrogens is 450 g/mol. The molecule has 1 aromatic heterocycles. The summed E-state index contributed by atoms with van der Waals surface area (Å²) in [5.41, 5.74) is 1.67. The number of nitrogens with zero attached hydrogens (tertiary/aromatic N) is 4. The highest BCUT2D eigenvalue weighted by molar-refractivity contribution is 7.99. The van der Waals surface area contributed by atoms with Gasteiger partial charge in [-0.15, -0.1) is 16.8 Å². The van der Waals surface area contributed by atoms with Gasteiger partial charge in [0.05, 0.1) is 12.9 Å². The van der Waals surface area contributed by atoms with Gasteiger partial charge >= 0.3 is 6.61 Å². The molecule has 0 spiro atoms. The maximum absolute atomic E-state index is 12.6. The summed E-state index contributed by atoms with van der Waals surface area (Å²) in [5.74, 6) is 1.56. The number of carbonyl (C=O) groups excluding carboxylic acids is 1. The summed E-state index contributed by atoms with van der Waals surface area (Å²) in [5, 5.41) is 9.15. The van der Waals surface area contributed by atoms with E-state index in [1.807, 2.05) is 28.8 Å². The van der Waals surface area contributed by atoms with E-state index in [9.17, 15) is 13.6 Å². The number of aromatic nitrogens is 3. The average molecular weight is 475 g/mol. The molecule has 7 nitrogen and oxygen atoms in total. The lowest BCUT2D eigenvalue weighted by atomic mass is 10.2. The fraction of sp³-hybridized carbons (Fsp3) is 0.261. The number of hydrogen-bond donors (Lipinski definition) is 0. The lowest BCUT2D eigenvalue weighted by Crippen LogP contribution is -2.27. The van der Waals surface area contributed by atoms with Crippen molar-refractivity contribution in [2.24, 2.45) is 0 Å². The van der Waals surface area contributed by atoms with Gasteiger partial charge in [0.15, 0.2) is 11.0 Å². The zero-order chi connectivity index (χ0) is 23.8. The first kappa shape index (κ1) is 24.2. The summed E-state index contributed by atoms with van der Waals surface area (Å²) in [6, 6.07) is 13.7. The average Bonchev–Trinajstić information content (AvgIpc) is 3.21. The Bertz CT molecular complexity index is 1070. The van der Waals surface area contributed by atoms with Gasteiger partial charge in [0, 0.05) is 25.7 Å². The summed E-state index contributed by atoms with van der Waals surface area (Å²) in [7, 11) is 3.29. The molecule has 0 unspecified atom stereocenters. The second-order valence-electron chi connectivity index (χ2n) is 6.99. The van der Waals surface area contributed by atoms with Crippen LogP contribution in [0.15, 0.2) is 66.3 Å². The number of amides is 1. The minimum atomic E-state index is -2.87. The van der Waals surface area contributed by atoms with Gasteiger partial charge in [-0.3, -0.25) is 9.36 Å². The van der Waals surface area contributed by atoms with E-state index in [1.165, 1.54) is 23.9 Å². The number of thioether (sulfide) groups is 1. The lowest BCUT2D eigenvalue weighted by molar-refractivity contribution is -0.127. The summed E-state index contributed by atoms with van der Waals surface area (Å²) in [4.78, 5) is 14.2. The summed E-state index contributed by atoms with van der Waals surface area (Å²) in [6.45, 7) is 1.76. The Hall–Kier alpha value is -3.40. The molecule has 1 amide bonds. The number of halogens is 2. The van der Waals surface area contributed by atoms with E-state index in [0.717, 1.165) is 16.9 Å². The van der Waals surface area contributed by atoms with E-state index in [0.29, 0.717) is 24.1 Å². The third-order valence-electron chi connectivity index (χ3n) is 4.70. The number of allylic oxidation sites excluding steroid dienone is 1. The van der Waals surface area contributed by atoms with Crippen LogP contribution in [0.3, 0.4) is 0 Å². The summed E-state index contributed by atoms with van der Waals surface area (Å²) < 4.78 is 36.0. The number of rotatable bonds is 11. The molecule has 0 N–H and O–H groups in total. The number of alkyl halides is 2. The molecular formula is C23H24F2N4O3S. The van der Waals surface area contributed by atoms with Crippen molar-refractivity contribution >= 4 is 17.7 Å². The monoisotopic (exact) mass is 474 g/mol. The van der Waals surface area contributed by atoms with E-state index in [4.69, 9.17) is 4.74 Å². The van der Waals surface area contributed by atoms with Crippen LogP contribution in [0, 0.1) is 0 Å². The quantitative estimate of drug-likeness (QED) is 0.301. The SMILES string of the molecule is C=CCn1c(SCC(=O)N(C)Cc2ccc(OC(F)F)cc2)nnc1-c1ccc(OC)cc1. The Balaban J connectivity index is 1.62. The minimum absolute atomic E-state index is 0.0764. The second-order valence-corrected chi connectivity index (χ2v) is 7.94. The van der Waals surface area contributed by atoms with Crippen LogP contribution in [-0.4, -0.2) is 52.1 Å². The van der Waals surface area contributed by atoms with Crippen molar-refractivity contribution in [3.63, 3.8) is 0 Å². The Morgan fingerprint density at radius 1 is 1.15 bits per heavy atom. The topological polar surface area (TPSA) is 69.5 Å². The molecule has 10 heteroatoms. The predicted octanol–water partition coefficient (Wildman–Crippen LogP) is 4.49. The van der Waals surface area contributed by atoms with Crippen molar-refractivity contribution in [1.82, 2.24) is 19.7 Å². The predicted molar refractivity (Wildman–Crippen MR) is 122 cm³/mol. The molecule has 33 heavy (non-hydrogen) atoms. The maximum atomic E-state index is 12.6. The molecule has 0 aliphatic heterocycles. The number of ether oxygens (including phenoxy) is 2. The number of carbonyl (C=O) groups is 1. The van der Waals surface area contributed by atoms with Crippen LogP contribution in [0.5, 0.6) is 11.5 Å². The van der Waals surface area contributed by atoms with Gasteiger partial charge in [-0.05, 0) is 42.0 Å². The zero-order valence-corrected chi connectivity index (χ0v) is 19.1. The highest BCUT2D eigenvalue weighted by Crippen LogP contribution is 2.26. The Labute approximate surface area is 195 Å². The first-order valence-electron chi connectivity index (χ1n) is 10.00.